The number of hydrogen-bond acceptors (Lipinski definition) is 4. The van der Waals surface area contributed by atoms with Crippen LogP contribution in [-0.4, -0.2) is 21.5 Å². The lowest BCUT2D eigenvalue weighted by molar-refractivity contribution is 0.487. The minimum Gasteiger partial charge on any atom is -0.458 e. The van der Waals surface area contributed by atoms with Crippen LogP contribution in [-0.2, 0) is 0 Å². The van der Waals surface area contributed by atoms with E-state index in [2.05, 4.69) is 326 Å². The van der Waals surface area contributed by atoms with Gasteiger partial charge in [-0.1, -0.05) is 235 Å². The lowest BCUT2D eigenvalue weighted by Crippen LogP contribution is -2.75. The van der Waals surface area contributed by atoms with Crippen molar-refractivity contribution in [1.29, 1.82) is 0 Å². The Morgan fingerprint density at radius 1 is 0.278 bits per heavy atom. The molecule has 0 radical (unpaired) electrons. The van der Waals surface area contributed by atoms with Gasteiger partial charge in [-0.05, 0) is 182 Å². The number of anilines is 6. The summed E-state index contributed by atoms with van der Waals surface area (Å²) in [6.07, 6.45) is 0. The van der Waals surface area contributed by atoms with Gasteiger partial charge >= 0.3 is 0 Å². The SMILES string of the molecule is Cc1cc2c3c(cc4c([Si](c5ccccc5)(c5ccccc5)c5ccccc5)cc5c6c(cc1c3c46)B1c3ccccc3Oc3cc(N(c4ccccc4)c4ccccc4)cc-5c31)B1c3ccccc3Oc3cc(N(c4ccccc4)c4ccccc4)cc-2c31. The third-order valence-electron chi connectivity index (χ3n) is 19.9. The van der Waals surface area contributed by atoms with Crippen molar-refractivity contribution in [1.82, 2.24) is 0 Å². The number of benzene rings is 15. The highest BCUT2D eigenvalue weighted by Crippen LogP contribution is 2.50. The van der Waals surface area contributed by atoms with E-state index in [4.69, 9.17) is 9.47 Å². The molecular weight excluding hydrogens is 1110 g/mol. The highest BCUT2D eigenvalue weighted by atomic mass is 28.3. The van der Waals surface area contributed by atoms with Crippen LogP contribution in [0.25, 0.3) is 54.6 Å². The predicted molar refractivity (Wildman–Crippen MR) is 381 cm³/mol. The summed E-state index contributed by atoms with van der Waals surface area (Å²) in [5, 5.41) is 13.2. The molecule has 0 spiro atoms. The standard InChI is InChI=1S/C83H54B2N2O2Si/c1-53-45-64-66-46-58(86(54-27-9-2-10-28-54)55-29-11-3-12-30-55)48-75-82(66)85(70-42-24-26-44-74(70)88-75)72-51-68-77(90(60-35-17-6-18-36-60,61-37-19-7-20-38-61)62-39-21-8-22-40-62)52-65-67-47-59(87(56-31-13-4-14-32-56)57-33-15-5-16-34-57)49-76-83(67)84(69-41-23-25-43-73(69)89-76)71-50-63(53)80(78(64)72)81(68)79(65)71/h2-52H,1H3. The van der Waals surface area contributed by atoms with Crippen LogP contribution < -0.4 is 72.8 Å². The summed E-state index contributed by atoms with van der Waals surface area (Å²) < 4.78 is 14.7. The number of nitrogens with zero attached hydrogens (tertiary/aromatic N) is 2. The Morgan fingerprint density at radius 3 is 1.03 bits per heavy atom. The van der Waals surface area contributed by atoms with Crippen molar-refractivity contribution >= 4 is 141 Å². The van der Waals surface area contributed by atoms with Crippen molar-refractivity contribution in [2.75, 3.05) is 9.80 Å². The minimum absolute atomic E-state index is 0.123. The van der Waals surface area contributed by atoms with Crippen molar-refractivity contribution in [3.8, 4) is 45.3 Å². The van der Waals surface area contributed by atoms with Gasteiger partial charge in [0.1, 0.15) is 23.0 Å². The second-order valence-electron chi connectivity index (χ2n) is 24.6. The van der Waals surface area contributed by atoms with Crippen molar-refractivity contribution in [2.24, 2.45) is 0 Å². The van der Waals surface area contributed by atoms with E-state index in [1.54, 1.807) is 0 Å². The molecule has 4 aliphatic rings. The van der Waals surface area contributed by atoms with Gasteiger partial charge in [0, 0.05) is 34.9 Å². The fraction of sp³-hybridized carbons (Fsp3) is 0.0120. The number of aryl methyl sites for hydroxylation is 1. The molecule has 0 unspecified atom stereocenters. The summed E-state index contributed by atoms with van der Waals surface area (Å²) in [7, 11) is -3.35. The van der Waals surface area contributed by atoms with Crippen molar-refractivity contribution in [3.63, 3.8) is 0 Å². The molecule has 15 aromatic carbocycles. The Hall–Kier alpha value is -11.1. The Morgan fingerprint density at radius 2 is 0.622 bits per heavy atom. The van der Waals surface area contributed by atoms with Crippen molar-refractivity contribution < 1.29 is 9.47 Å². The van der Waals surface area contributed by atoms with E-state index in [0.717, 1.165) is 57.1 Å². The fourth-order valence-corrected chi connectivity index (χ4v) is 21.3. The fourth-order valence-electron chi connectivity index (χ4n) is 16.4. The van der Waals surface area contributed by atoms with Crippen LogP contribution in [0.5, 0.6) is 23.0 Å². The number of fused-ring (bicyclic) bond motifs is 8. The summed E-state index contributed by atoms with van der Waals surface area (Å²) in [4.78, 5) is 4.78. The van der Waals surface area contributed by atoms with Gasteiger partial charge in [0.05, 0.1) is 11.4 Å². The van der Waals surface area contributed by atoms with Gasteiger partial charge in [0.2, 0.25) is 0 Å². The molecule has 4 heterocycles. The largest absolute Gasteiger partial charge is 0.458 e. The van der Waals surface area contributed by atoms with Crippen LogP contribution in [0.2, 0.25) is 0 Å². The molecule has 418 valence electrons. The molecule has 0 aliphatic carbocycles. The summed E-state index contributed by atoms with van der Waals surface area (Å²) in [6.45, 7) is 2.09. The van der Waals surface area contributed by atoms with Crippen LogP contribution in [0.15, 0.2) is 309 Å². The van der Waals surface area contributed by atoms with Crippen molar-refractivity contribution in [2.45, 2.75) is 6.92 Å². The first-order chi connectivity index (χ1) is 44.6. The van der Waals surface area contributed by atoms with Crippen molar-refractivity contribution in [3.05, 3.63) is 315 Å². The van der Waals surface area contributed by atoms with Gasteiger partial charge in [-0.2, -0.15) is 0 Å². The predicted octanol–water partition coefficient (Wildman–Crippen LogP) is 14.4. The van der Waals surface area contributed by atoms with Gasteiger partial charge < -0.3 is 19.3 Å². The molecule has 19 rings (SSSR count). The maximum atomic E-state index is 7.36. The van der Waals surface area contributed by atoms with E-state index in [0.29, 0.717) is 0 Å². The number of rotatable bonds is 10. The molecule has 0 saturated heterocycles. The topological polar surface area (TPSA) is 24.9 Å². The Kier molecular flexibility index (Phi) is 11.2. The quantitative estimate of drug-likeness (QED) is 0.0774. The average Bonchev–Trinajstić information content (AvgIpc) is 0.668. The lowest BCUT2D eigenvalue weighted by atomic mass is 9.32. The molecule has 0 atom stereocenters. The number of para-hydroxylation sites is 6. The van der Waals surface area contributed by atoms with E-state index in [1.165, 1.54) is 114 Å². The maximum absolute atomic E-state index is 7.36. The molecule has 7 heteroatoms. The second kappa shape index (κ2) is 19.7. The van der Waals surface area contributed by atoms with E-state index >= 15 is 0 Å². The van der Waals surface area contributed by atoms with Crippen LogP contribution >= 0.6 is 0 Å². The third-order valence-corrected chi connectivity index (χ3v) is 24.7. The van der Waals surface area contributed by atoms with E-state index in [1.807, 2.05) is 0 Å². The first-order valence-electron chi connectivity index (χ1n) is 31.3. The first kappa shape index (κ1) is 51.0. The molecule has 0 aromatic heterocycles. The molecule has 4 nitrogen and oxygen atoms in total. The van der Waals surface area contributed by atoms with E-state index in [-0.39, 0.29) is 13.4 Å². The summed E-state index contributed by atoms with van der Waals surface area (Å²) >= 11 is 0. The lowest BCUT2D eigenvalue weighted by Gasteiger charge is -2.40. The monoisotopic (exact) mass is 1160 g/mol. The average molecular weight is 1160 g/mol. The van der Waals surface area contributed by atoms with Gasteiger partial charge in [-0.3, -0.25) is 0 Å². The van der Waals surface area contributed by atoms with Gasteiger partial charge in [-0.25, -0.2) is 0 Å². The highest BCUT2D eigenvalue weighted by molar-refractivity contribution is 7.21. The van der Waals surface area contributed by atoms with Crippen LogP contribution in [0.4, 0.5) is 34.1 Å². The zero-order chi connectivity index (χ0) is 59.2. The Labute approximate surface area is 524 Å². The molecule has 0 fully saturated rings. The molecule has 4 aliphatic heterocycles. The van der Waals surface area contributed by atoms with Gasteiger partial charge in [0.15, 0.2) is 8.07 Å². The molecule has 0 saturated carbocycles. The number of hydrogen-bond donors (Lipinski definition) is 0. The molecule has 0 amide bonds. The molecule has 90 heavy (non-hydrogen) atoms. The second-order valence-corrected chi connectivity index (χ2v) is 28.3. The van der Waals surface area contributed by atoms with E-state index < -0.39 is 8.07 Å². The highest BCUT2D eigenvalue weighted by Gasteiger charge is 2.48. The molecular formula is C83H54B2N2O2Si. The summed E-state index contributed by atoms with van der Waals surface area (Å²) in [5.41, 5.74) is 19.8. The smallest absolute Gasteiger partial charge is 0.252 e. The molecule has 0 N–H and O–H groups in total. The van der Waals surface area contributed by atoms with Crippen LogP contribution in [0.3, 0.4) is 0 Å². The Bertz CT molecular complexity index is 5210. The van der Waals surface area contributed by atoms with E-state index in [9.17, 15) is 0 Å². The van der Waals surface area contributed by atoms with Gasteiger partial charge in [-0.15, -0.1) is 0 Å². The van der Waals surface area contributed by atoms with Gasteiger partial charge in [0.25, 0.3) is 13.4 Å². The third kappa shape index (κ3) is 7.26. The van der Waals surface area contributed by atoms with Crippen LogP contribution in [0, 0.1) is 6.92 Å². The first-order valence-corrected chi connectivity index (χ1v) is 33.3. The minimum atomic E-state index is -3.35. The van der Waals surface area contributed by atoms with Crippen LogP contribution in [0.1, 0.15) is 5.56 Å². The molecule has 15 aromatic rings. The number of ether oxygens (including phenoxy) is 2. The zero-order valence-corrected chi connectivity index (χ0v) is 50.3. The Balaban J connectivity index is 1.02. The summed E-state index contributed by atoms with van der Waals surface area (Å²) in [6, 6.07) is 115. The molecule has 0 bridgehead atoms. The summed E-state index contributed by atoms with van der Waals surface area (Å²) in [5.74, 6) is 3.53. The maximum Gasteiger partial charge on any atom is 0.252 e. The normalized spacial score (nSPS) is 12.9. The zero-order valence-electron chi connectivity index (χ0n) is 49.3.